The molecule has 16 rings (SSSR count). The van der Waals surface area contributed by atoms with Gasteiger partial charge in [-0.05, 0) is 245 Å². The standard InChI is InChI=1S/C78H99N7O8/c1-5-84-76-37-49-14-8-12-46-11-6-7-24-73(3)34-45-29-59(70(79)83-41-45)57(48-13-9-16-53(87)30-48)32-61-60(39-76)58(33-64(88)75(61)26-25-74(43-75)36-50-23-27-81-63(50)40-74)67(62(76)31-56(46)49)92-72(91)78-69(90)66-51(35-73)15-10-17-55(66)68(89)77(78,93-78)38-52(42-86)44(2)18-19-47-22-28-82-71-54(47)20-21-65(80-4)85-71/h8-10,13-17,22-23,27,29-30,37,41,46,50,56-58,60-65,67,70,80-88H,5-7,11-12,18-21,24-26,28,31-36,38-40,42-43,79H2,1-4H3/b52-44-/t46-,50+,56+,57+,58-,60+,61+,62-,63+,64+,65+,67+,70?,73-,74-,75-,76-,77-,78-/m0/s1. The monoisotopic (exact) mass is 1260 g/mol. The van der Waals surface area contributed by atoms with Crippen molar-refractivity contribution in [3.05, 3.63) is 158 Å². The average Bonchev–Trinajstić information content (AvgIpc) is 1.50. The van der Waals surface area contributed by atoms with Crippen molar-refractivity contribution in [2.45, 2.75) is 209 Å². The van der Waals surface area contributed by atoms with Crippen LogP contribution in [-0.4, -0.2) is 107 Å². The molecule has 1 unspecified atom stereocenters. The minimum atomic E-state index is -2.34. The quantitative estimate of drug-likeness (QED) is 0.0462. The van der Waals surface area contributed by atoms with E-state index >= 15 is 14.4 Å². The Morgan fingerprint density at radius 2 is 1.82 bits per heavy atom. The zero-order valence-corrected chi connectivity index (χ0v) is 55.1. The number of nitrogens with two attached hydrogens (primary N) is 1. The van der Waals surface area contributed by atoms with Crippen LogP contribution in [0.4, 0.5) is 0 Å². The van der Waals surface area contributed by atoms with Crippen LogP contribution in [0.5, 0.6) is 5.75 Å². The van der Waals surface area contributed by atoms with Crippen molar-refractivity contribution in [3.8, 4) is 5.75 Å². The molecule has 0 radical (unpaired) electrons. The van der Waals surface area contributed by atoms with E-state index in [1.54, 1.807) is 12.1 Å². The molecule has 2 aromatic carbocycles. The summed E-state index contributed by atoms with van der Waals surface area (Å²) in [5, 5.41) is 59.2. The van der Waals surface area contributed by atoms with Crippen LogP contribution in [0.1, 0.15) is 187 Å². The van der Waals surface area contributed by atoms with Gasteiger partial charge in [0.05, 0.1) is 25.0 Å². The second kappa shape index (κ2) is 23.1. The number of hydrogen-bond acceptors (Lipinski definition) is 15. The number of likely N-dealkylation sites (N-methyl/N-ethyl adjacent to an activating group) is 1. The maximum absolute atomic E-state index is 17.0. The summed E-state index contributed by atoms with van der Waals surface area (Å²) in [5.74, 6) is -0.652. The van der Waals surface area contributed by atoms with E-state index in [9.17, 15) is 15.3 Å². The number of carbonyl (C=O) groups excluding carboxylic acids is 3. The Morgan fingerprint density at radius 3 is 2.65 bits per heavy atom. The highest BCUT2D eigenvalue weighted by atomic mass is 16.7. The van der Waals surface area contributed by atoms with E-state index in [2.05, 4.69) is 101 Å². The first-order valence-electron chi connectivity index (χ1n) is 35.9. The van der Waals surface area contributed by atoms with E-state index in [4.69, 9.17) is 15.2 Å². The SMILES string of the molecule is CCN[C@@]12C=C3C=CC[C@@H]4CCCC[C@@]5(C)CC6=CNC(N)C(=C6)[C@@H](c6cccc(O)c6)C[C@@H]6[C@H](C1)[C@H](C[C@@H](O)[C@]61CC[C@@]6(C[C@H]7C=CN[C@@H]7C6)C1)[C@@H](OC(=O)[C@]16O[C@@]1(C/C(CO)=C(\C)CCC1=CCNC7=C1CC[C@H](NC)N7)C(=O)c1cccc(c1C6=O)C5)[C@@H]2C[C@@H]34. The normalized spacial score (nSPS) is 41.9. The number of aromatic hydroxyl groups is 1. The van der Waals surface area contributed by atoms with Gasteiger partial charge < -0.3 is 62.4 Å². The third-order valence-corrected chi connectivity index (χ3v) is 27.1. The average molecular weight is 1260 g/mol. The number of esters is 1. The van der Waals surface area contributed by atoms with Gasteiger partial charge in [-0.3, -0.25) is 9.59 Å². The lowest BCUT2D eigenvalue weighted by Gasteiger charge is -2.63. The van der Waals surface area contributed by atoms with Crippen LogP contribution in [0.2, 0.25) is 0 Å². The van der Waals surface area contributed by atoms with Gasteiger partial charge in [0.15, 0.2) is 11.4 Å². The molecule has 5 fully saturated rings. The molecule has 7 aliphatic carbocycles. The van der Waals surface area contributed by atoms with Crippen LogP contribution >= 0.6 is 0 Å². The first-order valence-corrected chi connectivity index (χ1v) is 35.9. The molecule has 19 atom stereocenters. The van der Waals surface area contributed by atoms with Gasteiger partial charge in [-0.25, -0.2) is 4.79 Å². The predicted molar refractivity (Wildman–Crippen MR) is 358 cm³/mol. The Kier molecular flexibility index (Phi) is 15.3. The van der Waals surface area contributed by atoms with Gasteiger partial charge in [0.1, 0.15) is 17.7 Å². The largest absolute Gasteiger partial charge is 0.508 e. The Labute approximate surface area is 549 Å². The molecule has 11 N–H and O–H groups in total. The molecular formula is C78H99N7O8. The Balaban J connectivity index is 0.884. The maximum Gasteiger partial charge on any atom is 0.350 e. The molecule has 1 saturated heterocycles. The fourth-order valence-corrected chi connectivity index (χ4v) is 22.7. The number of fused-ring (bicyclic) bond motifs is 5. The smallest absolute Gasteiger partial charge is 0.350 e. The first kappa shape index (κ1) is 61.8. The van der Waals surface area contributed by atoms with E-state index in [0.29, 0.717) is 80.6 Å². The molecular weight excluding hydrogens is 1160 g/mol. The molecule has 93 heavy (non-hydrogen) atoms. The highest BCUT2D eigenvalue weighted by Gasteiger charge is 2.86. The van der Waals surface area contributed by atoms with Gasteiger partial charge in [-0.15, -0.1) is 0 Å². The molecule has 15 nitrogen and oxygen atoms in total. The topological polar surface area (TPSA) is 232 Å². The fraction of sp³-hybridized carbons (Fsp3) is 0.603. The van der Waals surface area contributed by atoms with Gasteiger partial charge in [-0.2, -0.15) is 0 Å². The molecule has 3 spiro atoms. The fourth-order valence-electron chi connectivity index (χ4n) is 22.7. The number of aliphatic hydroxyl groups is 2. The molecule has 7 aliphatic heterocycles. The lowest BCUT2D eigenvalue weighted by Crippen LogP contribution is -2.68. The van der Waals surface area contributed by atoms with Crippen molar-refractivity contribution in [2.24, 2.45) is 63.4 Å². The van der Waals surface area contributed by atoms with Crippen LogP contribution in [0.15, 0.2) is 136 Å². The Morgan fingerprint density at radius 1 is 0.946 bits per heavy atom. The Hall–Kier alpha value is -6.07. The lowest BCUT2D eigenvalue weighted by molar-refractivity contribution is -0.199. The second-order valence-corrected chi connectivity index (χ2v) is 32.1. The maximum atomic E-state index is 17.0. The van der Waals surface area contributed by atoms with Crippen molar-refractivity contribution in [2.75, 3.05) is 26.7 Å². The molecule has 7 heterocycles. The van der Waals surface area contributed by atoms with Crippen LogP contribution in [0, 0.1) is 57.7 Å². The highest BCUT2D eigenvalue weighted by Crippen LogP contribution is 2.71. The summed E-state index contributed by atoms with van der Waals surface area (Å²) in [6.07, 6.45) is 33.0. The van der Waals surface area contributed by atoms with E-state index in [0.717, 1.165) is 118 Å². The minimum absolute atomic E-state index is 0.0243. The summed E-state index contributed by atoms with van der Waals surface area (Å²) in [7, 11) is 1.97. The number of ether oxygens (including phenoxy) is 2. The van der Waals surface area contributed by atoms with E-state index in [1.807, 2.05) is 38.2 Å². The number of benzene rings is 2. The number of allylic oxidation sites excluding steroid dienone is 8. The van der Waals surface area contributed by atoms with Gasteiger partial charge >= 0.3 is 5.97 Å². The molecule has 4 saturated carbocycles. The molecule has 11 bridgehead atoms. The summed E-state index contributed by atoms with van der Waals surface area (Å²) in [5.41, 5.74) is 11.1. The van der Waals surface area contributed by atoms with Crippen LogP contribution in [-0.2, 0) is 20.7 Å². The summed E-state index contributed by atoms with van der Waals surface area (Å²) < 4.78 is 14.7. The minimum Gasteiger partial charge on any atom is -0.508 e. The molecule has 494 valence electrons. The van der Waals surface area contributed by atoms with Crippen molar-refractivity contribution in [1.82, 2.24) is 31.9 Å². The number of ketones is 2. The number of nitrogens with one attached hydrogen (secondary N) is 6. The summed E-state index contributed by atoms with van der Waals surface area (Å²) in [4.78, 5) is 50.0. The first-order chi connectivity index (χ1) is 44.9. The molecule has 0 amide bonds. The molecule has 0 aromatic heterocycles. The van der Waals surface area contributed by atoms with Gasteiger partial charge in [0, 0.05) is 59.6 Å². The lowest BCUT2D eigenvalue weighted by atomic mass is 9.45. The number of phenols is 1. The van der Waals surface area contributed by atoms with E-state index < -0.39 is 63.5 Å². The van der Waals surface area contributed by atoms with Gasteiger partial charge in [0.25, 0.3) is 5.60 Å². The van der Waals surface area contributed by atoms with E-state index in [-0.39, 0.29) is 77.0 Å². The number of aliphatic hydroxyl groups excluding tert-OH is 2. The third-order valence-electron chi connectivity index (χ3n) is 27.1. The molecule has 2 aromatic rings. The number of Topliss-reactive ketones (excluding diaryl/α,β-unsaturated/α-hetero) is 2. The summed E-state index contributed by atoms with van der Waals surface area (Å²) in [6.45, 7) is 7.49. The number of epoxide rings is 1. The predicted octanol–water partition coefficient (Wildman–Crippen LogP) is 10.3. The number of hydrogen-bond donors (Lipinski definition) is 10. The number of carbonyl (C=O) groups is 3. The van der Waals surface area contributed by atoms with Gasteiger partial charge in [0.2, 0.25) is 5.78 Å². The van der Waals surface area contributed by atoms with E-state index in [1.165, 1.54) is 16.7 Å². The molecule has 15 heteroatoms. The number of rotatable bonds is 10. The van der Waals surface area contributed by atoms with Gasteiger partial charge in [-0.1, -0.05) is 99.1 Å². The van der Waals surface area contributed by atoms with Crippen molar-refractivity contribution < 1.29 is 39.2 Å². The zero-order valence-electron chi connectivity index (χ0n) is 55.1. The van der Waals surface area contributed by atoms with Crippen molar-refractivity contribution >= 4 is 17.5 Å². The highest BCUT2D eigenvalue weighted by molar-refractivity contribution is 6.33. The zero-order chi connectivity index (χ0) is 64.0. The number of phenolic OH excluding ortho intramolecular Hbond substituents is 1. The van der Waals surface area contributed by atoms with Crippen molar-refractivity contribution in [3.63, 3.8) is 0 Å². The second-order valence-electron chi connectivity index (χ2n) is 32.1. The van der Waals surface area contributed by atoms with Crippen LogP contribution in [0.25, 0.3) is 0 Å². The van der Waals surface area contributed by atoms with Crippen LogP contribution in [0.3, 0.4) is 0 Å². The molecule has 14 aliphatic rings. The van der Waals surface area contributed by atoms with Crippen LogP contribution < -0.4 is 37.6 Å². The summed E-state index contributed by atoms with van der Waals surface area (Å²) in [6, 6.07) is 13.7. The third kappa shape index (κ3) is 9.85. The van der Waals surface area contributed by atoms with Crippen molar-refractivity contribution in [1.29, 1.82) is 0 Å². The summed E-state index contributed by atoms with van der Waals surface area (Å²) >= 11 is 0. The Bertz CT molecular complexity index is 3690. The number of dihydropyridines is 2.